The summed E-state index contributed by atoms with van der Waals surface area (Å²) in [5.74, 6) is 0.678. The average molecular weight is 311 g/mol. The van der Waals surface area contributed by atoms with Crippen LogP contribution in [0.3, 0.4) is 0 Å². The Hall–Kier alpha value is -1.65. The number of imidazole rings is 1. The molecule has 2 aromatic rings. The minimum atomic E-state index is 0.228. The van der Waals surface area contributed by atoms with E-state index in [2.05, 4.69) is 55.3 Å². The van der Waals surface area contributed by atoms with E-state index in [1.165, 1.54) is 12.0 Å². The number of rotatable bonds is 4. The summed E-state index contributed by atoms with van der Waals surface area (Å²) in [6.45, 7) is 7.83. The second kappa shape index (κ2) is 5.46. The number of nitrogens with one attached hydrogen (secondary N) is 1. The number of fused-ring (bicyclic) bond motifs is 1. The molecule has 0 unspecified atom stereocenters. The van der Waals surface area contributed by atoms with E-state index in [1.807, 2.05) is 17.1 Å². The standard InChI is InChI=1S/C19H25N3O/c1-13(21-17-16-8-11-23-18(16)19(17,2)3)14-4-6-15(7-5-14)22-10-9-20-12-22/h4-7,9-10,12-13,16-18,21H,8,11H2,1-3H3/t13-,16+,17+,18+/m0/s1. The number of nitrogens with zero attached hydrogens (tertiary/aromatic N) is 2. The molecule has 122 valence electrons. The van der Waals surface area contributed by atoms with Crippen molar-refractivity contribution in [1.82, 2.24) is 14.9 Å². The molecule has 0 bridgehead atoms. The Morgan fingerprint density at radius 2 is 2.09 bits per heavy atom. The minimum Gasteiger partial charge on any atom is -0.377 e. The normalized spacial score (nSPS) is 29.8. The van der Waals surface area contributed by atoms with E-state index in [4.69, 9.17) is 4.74 Å². The second-order valence-electron chi connectivity index (χ2n) is 7.49. The summed E-state index contributed by atoms with van der Waals surface area (Å²) in [5, 5.41) is 3.85. The van der Waals surface area contributed by atoms with Crippen LogP contribution in [0.2, 0.25) is 0 Å². The molecule has 4 atom stereocenters. The first-order valence-corrected chi connectivity index (χ1v) is 8.53. The van der Waals surface area contributed by atoms with Crippen molar-refractivity contribution in [2.75, 3.05) is 6.61 Å². The number of hydrogen-bond acceptors (Lipinski definition) is 3. The quantitative estimate of drug-likeness (QED) is 0.941. The summed E-state index contributed by atoms with van der Waals surface area (Å²) in [4.78, 5) is 4.10. The van der Waals surface area contributed by atoms with Gasteiger partial charge in [0.2, 0.25) is 0 Å². The highest BCUT2D eigenvalue weighted by molar-refractivity contribution is 5.35. The summed E-state index contributed by atoms with van der Waals surface area (Å²) in [6.07, 6.45) is 7.23. The van der Waals surface area contributed by atoms with Crippen molar-refractivity contribution in [3.05, 3.63) is 48.5 Å². The highest BCUT2D eigenvalue weighted by atomic mass is 16.5. The first kappa shape index (κ1) is 14.9. The summed E-state index contributed by atoms with van der Waals surface area (Å²) in [6, 6.07) is 9.62. The van der Waals surface area contributed by atoms with Gasteiger partial charge < -0.3 is 14.6 Å². The molecule has 0 amide bonds. The molecular weight excluding hydrogens is 286 g/mol. The Kier molecular flexibility index (Phi) is 3.54. The molecule has 4 heteroatoms. The zero-order chi connectivity index (χ0) is 16.0. The van der Waals surface area contributed by atoms with E-state index in [9.17, 15) is 0 Å². The van der Waals surface area contributed by atoms with Crippen molar-refractivity contribution >= 4 is 0 Å². The van der Waals surface area contributed by atoms with Crippen LogP contribution in [-0.2, 0) is 4.74 Å². The Morgan fingerprint density at radius 1 is 1.30 bits per heavy atom. The van der Waals surface area contributed by atoms with Crippen LogP contribution in [0, 0.1) is 11.3 Å². The predicted octanol–water partition coefficient (Wildman–Crippen LogP) is 3.34. The molecule has 1 aromatic heterocycles. The Balaban J connectivity index is 1.46. The van der Waals surface area contributed by atoms with Gasteiger partial charge in [0.25, 0.3) is 0 Å². The van der Waals surface area contributed by atoms with Gasteiger partial charge in [-0.05, 0) is 31.0 Å². The van der Waals surface area contributed by atoms with Crippen molar-refractivity contribution < 1.29 is 4.74 Å². The van der Waals surface area contributed by atoms with Crippen LogP contribution in [0.1, 0.15) is 38.8 Å². The summed E-state index contributed by atoms with van der Waals surface area (Å²) in [5.41, 5.74) is 2.70. The zero-order valence-electron chi connectivity index (χ0n) is 14.1. The van der Waals surface area contributed by atoms with Crippen LogP contribution < -0.4 is 5.32 Å². The van der Waals surface area contributed by atoms with Gasteiger partial charge in [-0.2, -0.15) is 0 Å². The van der Waals surface area contributed by atoms with Gasteiger partial charge >= 0.3 is 0 Å². The third-order valence-corrected chi connectivity index (χ3v) is 5.73. The smallest absolute Gasteiger partial charge is 0.0991 e. The van der Waals surface area contributed by atoms with Crippen LogP contribution in [0.25, 0.3) is 5.69 Å². The lowest BCUT2D eigenvalue weighted by Crippen LogP contribution is -2.66. The van der Waals surface area contributed by atoms with Crippen molar-refractivity contribution in [1.29, 1.82) is 0 Å². The molecule has 1 aromatic carbocycles. The summed E-state index contributed by atoms with van der Waals surface area (Å²) >= 11 is 0. The lowest BCUT2D eigenvalue weighted by Gasteiger charge is -2.55. The molecule has 2 aliphatic rings. The van der Waals surface area contributed by atoms with Gasteiger partial charge in [0.15, 0.2) is 0 Å². The number of aromatic nitrogens is 2. The van der Waals surface area contributed by atoms with Gasteiger partial charge in [0.05, 0.1) is 12.4 Å². The monoisotopic (exact) mass is 311 g/mol. The van der Waals surface area contributed by atoms with Crippen LogP contribution in [-0.4, -0.2) is 28.3 Å². The second-order valence-corrected chi connectivity index (χ2v) is 7.49. The molecule has 1 saturated heterocycles. The molecule has 1 N–H and O–H groups in total. The maximum Gasteiger partial charge on any atom is 0.0991 e. The highest BCUT2D eigenvalue weighted by Gasteiger charge is 2.59. The summed E-state index contributed by atoms with van der Waals surface area (Å²) < 4.78 is 7.92. The van der Waals surface area contributed by atoms with E-state index in [0.29, 0.717) is 24.1 Å². The number of hydrogen-bond donors (Lipinski definition) is 1. The van der Waals surface area contributed by atoms with E-state index in [1.54, 1.807) is 6.20 Å². The Bertz CT molecular complexity index is 662. The van der Waals surface area contributed by atoms with E-state index in [-0.39, 0.29) is 5.41 Å². The molecule has 23 heavy (non-hydrogen) atoms. The average Bonchev–Trinajstić information content (AvgIpc) is 3.23. The largest absolute Gasteiger partial charge is 0.377 e. The molecule has 4 rings (SSSR count). The zero-order valence-corrected chi connectivity index (χ0v) is 14.1. The molecule has 0 radical (unpaired) electrons. The SMILES string of the molecule is C[C@H](N[C@@H]1[C@H]2CCO[C@H]2C1(C)C)c1ccc(-n2ccnc2)cc1. The molecule has 1 aliphatic heterocycles. The van der Waals surface area contributed by atoms with E-state index >= 15 is 0 Å². The number of benzene rings is 1. The fraction of sp³-hybridized carbons (Fsp3) is 0.526. The molecule has 0 spiro atoms. The van der Waals surface area contributed by atoms with Gasteiger partial charge in [-0.25, -0.2) is 4.98 Å². The summed E-state index contributed by atoms with van der Waals surface area (Å²) in [7, 11) is 0. The maximum atomic E-state index is 5.89. The van der Waals surface area contributed by atoms with Gasteiger partial charge in [-0.3, -0.25) is 0 Å². The lowest BCUT2D eigenvalue weighted by molar-refractivity contribution is -0.115. The van der Waals surface area contributed by atoms with Crippen LogP contribution in [0.15, 0.2) is 43.0 Å². The molecule has 2 heterocycles. The van der Waals surface area contributed by atoms with Crippen molar-refractivity contribution in [3.63, 3.8) is 0 Å². The third kappa shape index (κ3) is 2.41. The fourth-order valence-corrected chi connectivity index (χ4v) is 4.38. The van der Waals surface area contributed by atoms with Gasteiger partial charge in [0, 0.05) is 48.1 Å². The maximum absolute atomic E-state index is 5.89. The predicted molar refractivity (Wildman–Crippen MR) is 90.5 cm³/mol. The molecule has 1 aliphatic carbocycles. The minimum absolute atomic E-state index is 0.228. The van der Waals surface area contributed by atoms with Crippen molar-refractivity contribution in [2.45, 2.75) is 45.4 Å². The van der Waals surface area contributed by atoms with E-state index in [0.717, 1.165) is 12.3 Å². The van der Waals surface area contributed by atoms with E-state index < -0.39 is 0 Å². The van der Waals surface area contributed by atoms with Crippen molar-refractivity contribution in [2.24, 2.45) is 11.3 Å². The highest BCUT2D eigenvalue weighted by Crippen LogP contribution is 2.52. The first-order chi connectivity index (χ1) is 11.1. The molecular formula is C19H25N3O. The van der Waals surface area contributed by atoms with Gasteiger partial charge in [-0.1, -0.05) is 26.0 Å². The third-order valence-electron chi connectivity index (χ3n) is 5.73. The van der Waals surface area contributed by atoms with Crippen molar-refractivity contribution in [3.8, 4) is 5.69 Å². The van der Waals surface area contributed by atoms with Gasteiger partial charge in [-0.15, -0.1) is 0 Å². The van der Waals surface area contributed by atoms with Gasteiger partial charge in [0.1, 0.15) is 0 Å². The Labute approximate surface area is 137 Å². The molecule has 1 saturated carbocycles. The first-order valence-electron chi connectivity index (χ1n) is 8.53. The fourth-order valence-electron chi connectivity index (χ4n) is 4.38. The molecule has 4 nitrogen and oxygen atoms in total. The molecule has 2 fully saturated rings. The van der Waals surface area contributed by atoms with Crippen LogP contribution in [0.5, 0.6) is 0 Å². The number of ether oxygens (including phenoxy) is 1. The topological polar surface area (TPSA) is 39.1 Å². The lowest BCUT2D eigenvalue weighted by atomic mass is 9.57. The van der Waals surface area contributed by atoms with Crippen LogP contribution >= 0.6 is 0 Å². The van der Waals surface area contributed by atoms with Crippen LogP contribution in [0.4, 0.5) is 0 Å². The Morgan fingerprint density at radius 3 is 2.78 bits per heavy atom.